The molecule has 1 aliphatic rings. The zero-order valence-corrected chi connectivity index (χ0v) is 18.2. The molecule has 3 rings (SSSR count). The van der Waals surface area contributed by atoms with Gasteiger partial charge >= 0.3 is 12.1 Å². The minimum atomic E-state index is -0.669. The number of hydrogen-bond acceptors (Lipinski definition) is 5. The summed E-state index contributed by atoms with van der Waals surface area (Å²) < 4.78 is 10.9. The molecule has 1 heterocycles. The summed E-state index contributed by atoms with van der Waals surface area (Å²) in [6.07, 6.45) is -0.789. The van der Waals surface area contributed by atoms with Gasteiger partial charge in [-0.2, -0.15) is 0 Å². The van der Waals surface area contributed by atoms with Gasteiger partial charge in [-0.1, -0.05) is 74.5 Å². The van der Waals surface area contributed by atoms with Gasteiger partial charge in [0.25, 0.3) is 0 Å². The molecule has 2 amide bonds. The first-order valence-corrected chi connectivity index (χ1v) is 10.6. The molecule has 0 spiro atoms. The number of imide groups is 1. The molecular weight excluding hydrogens is 394 g/mol. The van der Waals surface area contributed by atoms with Crippen LogP contribution in [0.4, 0.5) is 4.79 Å². The van der Waals surface area contributed by atoms with E-state index in [0.29, 0.717) is 6.42 Å². The number of hydrogen-bond donors (Lipinski definition) is 0. The second-order valence-electron chi connectivity index (χ2n) is 8.34. The molecule has 0 bridgehead atoms. The Labute approximate surface area is 183 Å². The van der Waals surface area contributed by atoms with Gasteiger partial charge in [-0.25, -0.2) is 9.69 Å². The molecule has 0 aliphatic carbocycles. The summed E-state index contributed by atoms with van der Waals surface area (Å²) >= 11 is 0. The zero-order valence-electron chi connectivity index (χ0n) is 18.2. The molecule has 0 aromatic heterocycles. The number of carbonyl (C=O) groups is 3. The van der Waals surface area contributed by atoms with Crippen molar-refractivity contribution < 1.29 is 23.9 Å². The summed E-state index contributed by atoms with van der Waals surface area (Å²) in [5.41, 5.74) is 1.71. The van der Waals surface area contributed by atoms with E-state index in [1.54, 1.807) is 6.92 Å². The average Bonchev–Trinajstić information content (AvgIpc) is 3.06. The summed E-state index contributed by atoms with van der Waals surface area (Å²) in [5, 5.41) is 0. The highest BCUT2D eigenvalue weighted by atomic mass is 16.6. The lowest BCUT2D eigenvalue weighted by atomic mass is 9.92. The largest absolute Gasteiger partial charge is 0.461 e. The topological polar surface area (TPSA) is 72.9 Å². The van der Waals surface area contributed by atoms with E-state index in [-0.39, 0.29) is 24.9 Å². The lowest BCUT2D eigenvalue weighted by Crippen LogP contribution is -2.42. The van der Waals surface area contributed by atoms with Crippen molar-refractivity contribution in [2.75, 3.05) is 0 Å². The fraction of sp³-hybridized carbons (Fsp3) is 0.400. The van der Waals surface area contributed by atoms with Gasteiger partial charge in [0.05, 0.1) is 12.5 Å². The molecule has 0 N–H and O–H groups in total. The Morgan fingerprint density at radius 3 is 2.26 bits per heavy atom. The van der Waals surface area contributed by atoms with Crippen LogP contribution in [0, 0.1) is 11.8 Å². The number of carbonyl (C=O) groups excluding carboxylic acids is 3. The van der Waals surface area contributed by atoms with Crippen LogP contribution in [0.2, 0.25) is 0 Å². The van der Waals surface area contributed by atoms with Crippen molar-refractivity contribution in [3.63, 3.8) is 0 Å². The third-order valence-electron chi connectivity index (χ3n) is 5.40. The molecule has 2 aromatic rings. The fourth-order valence-electron chi connectivity index (χ4n) is 3.88. The number of nitrogens with zero attached hydrogens (tertiary/aromatic N) is 1. The van der Waals surface area contributed by atoms with E-state index in [1.807, 2.05) is 74.5 Å². The zero-order chi connectivity index (χ0) is 22.4. The molecule has 0 radical (unpaired) electrons. The lowest BCUT2D eigenvalue weighted by Gasteiger charge is -2.25. The van der Waals surface area contributed by atoms with Gasteiger partial charge in [-0.3, -0.25) is 9.59 Å². The third-order valence-corrected chi connectivity index (χ3v) is 5.40. The van der Waals surface area contributed by atoms with Crippen molar-refractivity contribution in [3.05, 3.63) is 71.8 Å². The smallest absolute Gasteiger partial charge is 0.417 e. The summed E-state index contributed by atoms with van der Waals surface area (Å²) in [6, 6.07) is 18.3. The van der Waals surface area contributed by atoms with Crippen LogP contribution >= 0.6 is 0 Å². The van der Waals surface area contributed by atoms with Gasteiger partial charge in [-0.15, -0.1) is 0 Å². The van der Waals surface area contributed by atoms with Gasteiger partial charge in [0.2, 0.25) is 5.91 Å². The Morgan fingerprint density at radius 2 is 1.65 bits per heavy atom. The number of cyclic esters (lactones) is 1. The summed E-state index contributed by atoms with van der Waals surface area (Å²) in [5.74, 6) is -1.31. The Bertz CT molecular complexity index is 897. The third kappa shape index (κ3) is 5.72. The van der Waals surface area contributed by atoms with E-state index < -0.39 is 30.1 Å². The number of ether oxygens (including phenoxy) is 2. The second kappa shape index (κ2) is 10.2. The van der Waals surface area contributed by atoms with E-state index in [2.05, 4.69) is 0 Å². The minimum absolute atomic E-state index is 0.0731. The summed E-state index contributed by atoms with van der Waals surface area (Å²) in [7, 11) is 0. The van der Waals surface area contributed by atoms with Crippen molar-refractivity contribution in [3.8, 4) is 0 Å². The van der Waals surface area contributed by atoms with Crippen molar-refractivity contribution in [1.82, 2.24) is 4.90 Å². The van der Waals surface area contributed by atoms with Crippen LogP contribution in [0.15, 0.2) is 60.7 Å². The lowest BCUT2D eigenvalue weighted by molar-refractivity contribution is -0.150. The van der Waals surface area contributed by atoms with Gasteiger partial charge in [0, 0.05) is 5.92 Å². The Morgan fingerprint density at radius 1 is 1.03 bits per heavy atom. The van der Waals surface area contributed by atoms with E-state index in [1.165, 1.54) is 0 Å². The number of esters is 1. The van der Waals surface area contributed by atoms with E-state index >= 15 is 0 Å². The van der Waals surface area contributed by atoms with E-state index in [0.717, 1.165) is 16.0 Å². The first kappa shape index (κ1) is 22.5. The van der Waals surface area contributed by atoms with Gasteiger partial charge in [0.1, 0.15) is 12.7 Å². The van der Waals surface area contributed by atoms with Crippen LogP contribution < -0.4 is 0 Å². The van der Waals surface area contributed by atoms with Crippen molar-refractivity contribution in [2.24, 2.45) is 11.8 Å². The maximum atomic E-state index is 13.3. The minimum Gasteiger partial charge on any atom is -0.461 e. The quantitative estimate of drug-likeness (QED) is 0.565. The summed E-state index contributed by atoms with van der Waals surface area (Å²) in [6.45, 7) is 5.91. The molecule has 3 atom stereocenters. The van der Waals surface area contributed by atoms with Gasteiger partial charge in [0.15, 0.2) is 0 Å². The molecule has 6 heteroatoms. The molecule has 2 aromatic carbocycles. The van der Waals surface area contributed by atoms with Gasteiger partial charge in [-0.05, 0) is 30.4 Å². The molecule has 31 heavy (non-hydrogen) atoms. The molecule has 6 nitrogen and oxygen atoms in total. The Hall–Kier alpha value is -3.15. The molecule has 1 saturated heterocycles. The normalized spacial score (nSPS) is 19.2. The first-order valence-electron chi connectivity index (χ1n) is 10.6. The van der Waals surface area contributed by atoms with Crippen LogP contribution in [0.25, 0.3) is 0 Å². The monoisotopic (exact) mass is 423 g/mol. The van der Waals surface area contributed by atoms with E-state index in [4.69, 9.17) is 9.47 Å². The standard InChI is InChI=1S/C25H29NO5/c1-17(2)14-21(15-22(27)30-16-19-10-6-4-7-11-19)24(28)26-18(3)23(31-25(26)29)20-12-8-5-9-13-20/h4-13,17-18,21,23H,14-16H2,1-3H3/t18-,21-,23-/m1/s1. The highest BCUT2D eigenvalue weighted by Crippen LogP contribution is 2.34. The Balaban J connectivity index is 1.68. The van der Waals surface area contributed by atoms with Crippen molar-refractivity contribution in [1.29, 1.82) is 0 Å². The predicted octanol–water partition coefficient (Wildman–Crippen LogP) is 4.89. The second-order valence-corrected chi connectivity index (χ2v) is 8.34. The molecule has 1 aliphatic heterocycles. The van der Waals surface area contributed by atoms with Crippen LogP contribution in [-0.4, -0.2) is 28.9 Å². The molecule has 0 saturated carbocycles. The maximum absolute atomic E-state index is 13.3. The molecule has 0 unspecified atom stereocenters. The molecule has 164 valence electrons. The molecule has 1 fully saturated rings. The predicted molar refractivity (Wildman–Crippen MR) is 116 cm³/mol. The van der Waals surface area contributed by atoms with Crippen LogP contribution in [-0.2, 0) is 25.7 Å². The van der Waals surface area contributed by atoms with Crippen molar-refractivity contribution in [2.45, 2.75) is 52.4 Å². The highest BCUT2D eigenvalue weighted by molar-refractivity contribution is 5.96. The number of rotatable bonds is 8. The van der Waals surface area contributed by atoms with Gasteiger partial charge < -0.3 is 9.47 Å². The van der Waals surface area contributed by atoms with Crippen molar-refractivity contribution >= 4 is 18.0 Å². The summed E-state index contributed by atoms with van der Waals surface area (Å²) in [4.78, 5) is 39.5. The first-order chi connectivity index (χ1) is 14.9. The molecular formula is C25H29NO5. The Kier molecular flexibility index (Phi) is 7.45. The number of amides is 2. The van der Waals surface area contributed by atoms with Crippen LogP contribution in [0.1, 0.15) is 50.8 Å². The highest BCUT2D eigenvalue weighted by Gasteiger charge is 2.45. The maximum Gasteiger partial charge on any atom is 0.417 e. The average molecular weight is 424 g/mol. The fourth-order valence-corrected chi connectivity index (χ4v) is 3.88. The number of benzene rings is 2. The SMILES string of the molecule is CC(C)C[C@H](CC(=O)OCc1ccccc1)C(=O)N1C(=O)O[C@@H](c2ccccc2)[C@H]1C. The van der Waals surface area contributed by atoms with E-state index in [9.17, 15) is 14.4 Å². The van der Waals surface area contributed by atoms with Crippen LogP contribution in [0.3, 0.4) is 0 Å². The van der Waals surface area contributed by atoms with Crippen LogP contribution in [0.5, 0.6) is 0 Å².